The van der Waals surface area contributed by atoms with Gasteiger partial charge >= 0.3 is 131 Å². The van der Waals surface area contributed by atoms with E-state index in [-0.39, 0.29) is 0 Å². The molecule has 0 bridgehead atoms. The van der Waals surface area contributed by atoms with Crippen molar-refractivity contribution in [2.24, 2.45) is 0 Å². The van der Waals surface area contributed by atoms with Crippen molar-refractivity contribution in [1.29, 1.82) is 0 Å². The number of hydrogen-bond acceptors (Lipinski definition) is 6. The summed E-state index contributed by atoms with van der Waals surface area (Å²) >= 11 is -0.467. The van der Waals surface area contributed by atoms with Gasteiger partial charge < -0.3 is 0 Å². The number of ether oxygens (including phenoxy) is 2. The minimum absolute atomic E-state index is 0.467. The zero-order valence-corrected chi connectivity index (χ0v) is 14.5. The van der Waals surface area contributed by atoms with E-state index in [9.17, 15) is 26.8 Å². The van der Waals surface area contributed by atoms with Gasteiger partial charge in [-0.2, -0.15) is 0 Å². The molecule has 0 saturated carbocycles. The van der Waals surface area contributed by atoms with Crippen LogP contribution in [0.25, 0.3) is 0 Å². The summed E-state index contributed by atoms with van der Waals surface area (Å²) in [7, 11) is -5.90. The Bertz CT molecular complexity index is 488. The molecule has 0 radical (unpaired) electrons. The van der Waals surface area contributed by atoms with Crippen LogP contribution in [0.3, 0.4) is 0 Å². The van der Waals surface area contributed by atoms with Gasteiger partial charge in [0.05, 0.1) is 0 Å². The van der Waals surface area contributed by atoms with E-state index in [1.54, 1.807) is 13.8 Å². The summed E-state index contributed by atoms with van der Waals surface area (Å²) in [6, 6.07) is 0. The average molecular weight is 445 g/mol. The SMILES string of the molecule is CCC(C)([I-]C)C(=O)OCCOC(=O)C(F)(F)S(=O)(=O)O. The van der Waals surface area contributed by atoms with Gasteiger partial charge in [-0.1, -0.05) is 0 Å². The summed E-state index contributed by atoms with van der Waals surface area (Å²) in [5.41, 5.74) is 0. The summed E-state index contributed by atoms with van der Waals surface area (Å²) in [4.78, 5) is 24.4. The molecule has 0 amide bonds. The Morgan fingerprint density at radius 3 is 1.95 bits per heavy atom. The fourth-order valence-corrected chi connectivity index (χ4v) is 2.59. The molecule has 0 aromatic rings. The van der Waals surface area contributed by atoms with Gasteiger partial charge in [0.2, 0.25) is 0 Å². The Morgan fingerprint density at radius 1 is 1.19 bits per heavy atom. The molecule has 0 spiro atoms. The van der Waals surface area contributed by atoms with E-state index < -0.39 is 65.2 Å². The fraction of sp³-hybridized carbons (Fsp3) is 0.800. The first-order valence-electron chi connectivity index (χ1n) is 5.62. The number of hydrogen-bond donors (Lipinski definition) is 1. The zero-order chi connectivity index (χ0) is 16.9. The van der Waals surface area contributed by atoms with E-state index in [0.29, 0.717) is 6.42 Å². The zero-order valence-electron chi connectivity index (χ0n) is 11.6. The fourth-order valence-electron chi connectivity index (χ4n) is 0.964. The molecular formula is C10H16F2IO7S-. The Balaban J connectivity index is 4.36. The third-order valence-corrected chi connectivity index (χ3v) is 7.02. The Kier molecular flexibility index (Phi) is 7.42. The Hall–Kier alpha value is -0.560. The molecule has 0 aliphatic rings. The second kappa shape index (κ2) is 7.63. The van der Waals surface area contributed by atoms with Crippen LogP contribution in [0.15, 0.2) is 0 Å². The summed E-state index contributed by atoms with van der Waals surface area (Å²) < 4.78 is 62.4. The molecule has 1 unspecified atom stereocenters. The molecule has 0 heterocycles. The van der Waals surface area contributed by atoms with E-state index in [0.717, 1.165) is 0 Å². The summed E-state index contributed by atoms with van der Waals surface area (Å²) in [6.45, 7) is 2.29. The Morgan fingerprint density at radius 2 is 1.62 bits per heavy atom. The first kappa shape index (κ1) is 20.4. The van der Waals surface area contributed by atoms with Gasteiger partial charge in [-0.3, -0.25) is 0 Å². The molecule has 21 heavy (non-hydrogen) atoms. The van der Waals surface area contributed by atoms with Gasteiger partial charge in [0.25, 0.3) is 0 Å². The number of halogens is 3. The van der Waals surface area contributed by atoms with Crippen LogP contribution in [0.2, 0.25) is 0 Å². The number of esters is 2. The summed E-state index contributed by atoms with van der Waals surface area (Å²) in [5, 5.41) is -5.05. The van der Waals surface area contributed by atoms with Crippen LogP contribution in [0.1, 0.15) is 20.3 Å². The number of carbonyl (C=O) groups is 2. The molecule has 0 fully saturated rings. The van der Waals surface area contributed by atoms with Gasteiger partial charge in [0.1, 0.15) is 0 Å². The molecule has 7 nitrogen and oxygen atoms in total. The summed E-state index contributed by atoms with van der Waals surface area (Å²) in [6.07, 6.45) is 0.552. The van der Waals surface area contributed by atoms with Gasteiger partial charge in [0.15, 0.2) is 0 Å². The topological polar surface area (TPSA) is 107 Å². The van der Waals surface area contributed by atoms with Crippen molar-refractivity contribution in [3.05, 3.63) is 0 Å². The predicted octanol–water partition coefficient (Wildman–Crippen LogP) is -2.56. The van der Waals surface area contributed by atoms with Gasteiger partial charge in [-0.15, -0.1) is 0 Å². The molecule has 1 N–H and O–H groups in total. The van der Waals surface area contributed by atoms with E-state index in [1.807, 2.05) is 4.93 Å². The van der Waals surface area contributed by atoms with Crippen molar-refractivity contribution in [3.8, 4) is 0 Å². The van der Waals surface area contributed by atoms with Crippen LogP contribution >= 0.6 is 0 Å². The van der Waals surface area contributed by atoms with Gasteiger partial charge in [0, 0.05) is 0 Å². The molecule has 1 atom stereocenters. The Labute approximate surface area is 131 Å². The third-order valence-electron chi connectivity index (χ3n) is 2.62. The van der Waals surface area contributed by atoms with Crippen molar-refractivity contribution in [2.45, 2.75) is 28.9 Å². The monoisotopic (exact) mass is 445 g/mol. The van der Waals surface area contributed by atoms with Gasteiger partial charge in [-0.25, -0.2) is 0 Å². The van der Waals surface area contributed by atoms with Crippen LogP contribution in [-0.4, -0.2) is 51.7 Å². The molecule has 0 rings (SSSR count). The second-order valence-corrected chi connectivity index (χ2v) is 8.93. The molecule has 0 aliphatic heterocycles. The van der Waals surface area contributed by atoms with Crippen molar-refractivity contribution in [1.82, 2.24) is 0 Å². The molecule has 0 aromatic heterocycles. The number of rotatable bonds is 8. The third kappa shape index (κ3) is 5.29. The number of carbonyl (C=O) groups excluding carboxylic acids is 2. The van der Waals surface area contributed by atoms with Crippen molar-refractivity contribution >= 4 is 22.1 Å². The average Bonchev–Trinajstić information content (AvgIpc) is 2.40. The van der Waals surface area contributed by atoms with E-state index in [2.05, 4.69) is 4.74 Å². The van der Waals surface area contributed by atoms with Crippen LogP contribution in [-0.2, 0) is 29.2 Å². The maximum atomic E-state index is 12.8. The molecule has 0 aliphatic carbocycles. The quantitative estimate of drug-likeness (QED) is 0.144. The first-order chi connectivity index (χ1) is 9.42. The second-order valence-electron chi connectivity index (χ2n) is 4.00. The van der Waals surface area contributed by atoms with E-state index in [1.165, 1.54) is 0 Å². The van der Waals surface area contributed by atoms with E-state index >= 15 is 0 Å². The van der Waals surface area contributed by atoms with Crippen molar-refractivity contribution in [3.63, 3.8) is 0 Å². The number of alkyl halides is 4. The molecule has 0 saturated heterocycles. The van der Waals surface area contributed by atoms with Crippen LogP contribution < -0.4 is 21.2 Å². The summed E-state index contributed by atoms with van der Waals surface area (Å²) in [5.74, 6) is -2.96. The van der Waals surface area contributed by atoms with E-state index in [4.69, 9.17) is 9.29 Å². The van der Waals surface area contributed by atoms with Crippen LogP contribution in [0, 0.1) is 0 Å². The molecular weight excluding hydrogens is 429 g/mol. The van der Waals surface area contributed by atoms with Crippen molar-refractivity contribution < 1.29 is 62.0 Å². The van der Waals surface area contributed by atoms with Crippen LogP contribution in [0.5, 0.6) is 0 Å². The molecule has 126 valence electrons. The van der Waals surface area contributed by atoms with Crippen molar-refractivity contribution in [2.75, 3.05) is 18.1 Å². The van der Waals surface area contributed by atoms with Crippen LogP contribution in [0.4, 0.5) is 8.78 Å². The standard InChI is InChI=1S/C10H16F2IO7S/c1-4-9(2,13-3)7(14)19-5-6-20-8(15)10(11,12)21(16,17)18/h4-6H2,1-3H3,(H,16,17,18)/q-1. The molecule has 0 aromatic carbocycles. The first-order valence-corrected chi connectivity index (χ1v) is 10.3. The molecule has 11 heteroatoms. The van der Waals surface area contributed by atoms with Gasteiger partial charge in [-0.05, 0) is 0 Å². The normalized spacial score (nSPS) is 15.3. The minimum atomic E-state index is -5.90. The maximum absolute atomic E-state index is 12.8. The predicted molar refractivity (Wildman–Crippen MR) is 63.0 cm³/mol.